The lowest BCUT2D eigenvalue weighted by molar-refractivity contribution is -0.138. The first kappa shape index (κ1) is 14.5. The molecule has 108 valence electrons. The van der Waals surface area contributed by atoms with Gasteiger partial charge in [-0.05, 0) is 18.2 Å². The lowest BCUT2D eigenvalue weighted by Gasteiger charge is -2.25. The van der Waals surface area contributed by atoms with Crippen molar-refractivity contribution in [2.75, 3.05) is 4.90 Å². The minimum atomic E-state index is -4.81. The van der Waals surface area contributed by atoms with E-state index in [1.165, 1.54) is 6.07 Å². The van der Waals surface area contributed by atoms with Crippen LogP contribution in [0, 0.1) is 11.3 Å². The molecule has 0 spiro atoms. The molecule has 1 saturated heterocycles. The van der Waals surface area contributed by atoms with Crippen LogP contribution in [-0.2, 0) is 15.8 Å². The molecule has 0 bridgehead atoms. The quantitative estimate of drug-likeness (QED) is 0.796. The lowest BCUT2D eigenvalue weighted by Crippen LogP contribution is -2.53. The molecular formula is C12H6F3N3O3. The number of nitriles is 1. The van der Waals surface area contributed by atoms with Crippen molar-refractivity contribution < 1.29 is 27.6 Å². The molecule has 1 aromatic carbocycles. The maximum Gasteiger partial charge on any atom is 0.417 e. The van der Waals surface area contributed by atoms with Gasteiger partial charge >= 0.3 is 12.2 Å². The first-order valence-electron chi connectivity index (χ1n) is 5.52. The number of imide groups is 2. The van der Waals surface area contributed by atoms with Gasteiger partial charge in [0.15, 0.2) is 0 Å². The molecule has 0 unspecified atom stereocenters. The Labute approximate surface area is 115 Å². The van der Waals surface area contributed by atoms with Crippen molar-refractivity contribution in [2.45, 2.75) is 12.6 Å². The first-order chi connectivity index (χ1) is 9.74. The van der Waals surface area contributed by atoms with Gasteiger partial charge in [-0.1, -0.05) is 0 Å². The number of hydrogen-bond acceptors (Lipinski definition) is 4. The monoisotopic (exact) mass is 297 g/mol. The summed E-state index contributed by atoms with van der Waals surface area (Å²) in [4.78, 5) is 34.6. The van der Waals surface area contributed by atoms with Gasteiger partial charge in [0.25, 0.3) is 0 Å². The highest BCUT2D eigenvalue weighted by molar-refractivity contribution is 6.26. The van der Waals surface area contributed by atoms with E-state index in [9.17, 15) is 27.6 Å². The molecule has 9 heteroatoms. The maximum atomic E-state index is 12.8. The SMILES string of the molecule is N#Cc1ccc(N2C(=O)CC(=O)NC2=O)cc1C(F)(F)F. The van der Waals surface area contributed by atoms with Crippen molar-refractivity contribution in [1.29, 1.82) is 5.26 Å². The molecule has 1 aromatic rings. The summed E-state index contributed by atoms with van der Waals surface area (Å²) in [5.41, 5.74) is -2.26. The molecule has 1 fully saturated rings. The van der Waals surface area contributed by atoms with E-state index in [1.807, 2.05) is 5.32 Å². The van der Waals surface area contributed by atoms with Crippen LogP contribution in [-0.4, -0.2) is 17.8 Å². The molecule has 0 aromatic heterocycles. The number of hydrogen-bond donors (Lipinski definition) is 1. The van der Waals surface area contributed by atoms with E-state index >= 15 is 0 Å². The zero-order chi connectivity index (χ0) is 15.8. The molecule has 1 N–H and O–H groups in total. The standard InChI is InChI=1S/C12H6F3N3O3/c13-12(14,15)8-3-7(2-1-6(8)5-16)18-10(20)4-9(19)17-11(18)21/h1-3H,4H2,(H,17,19,21). The van der Waals surface area contributed by atoms with Crippen LogP contribution in [0.5, 0.6) is 0 Å². The Balaban J connectivity index is 2.51. The van der Waals surface area contributed by atoms with Gasteiger partial charge in [-0.25, -0.2) is 9.69 Å². The van der Waals surface area contributed by atoms with E-state index in [0.29, 0.717) is 11.0 Å². The van der Waals surface area contributed by atoms with Crippen LogP contribution in [0.15, 0.2) is 18.2 Å². The number of carbonyl (C=O) groups excluding carboxylic acids is 3. The van der Waals surface area contributed by atoms with E-state index in [2.05, 4.69) is 0 Å². The predicted molar refractivity (Wildman–Crippen MR) is 61.8 cm³/mol. The number of barbiturate groups is 1. The highest BCUT2D eigenvalue weighted by Crippen LogP contribution is 2.34. The Morgan fingerprint density at radius 1 is 1.24 bits per heavy atom. The summed E-state index contributed by atoms with van der Waals surface area (Å²) in [5.74, 6) is -1.77. The number of nitrogens with zero attached hydrogens (tertiary/aromatic N) is 2. The Bertz CT molecular complexity index is 671. The average Bonchev–Trinajstić information content (AvgIpc) is 2.36. The fraction of sp³-hybridized carbons (Fsp3) is 0.167. The van der Waals surface area contributed by atoms with Crippen molar-refractivity contribution in [1.82, 2.24) is 5.32 Å². The number of rotatable bonds is 1. The highest BCUT2D eigenvalue weighted by atomic mass is 19.4. The van der Waals surface area contributed by atoms with Gasteiger partial charge in [0.05, 0.1) is 22.9 Å². The van der Waals surface area contributed by atoms with Gasteiger partial charge in [-0.2, -0.15) is 18.4 Å². The molecule has 0 aliphatic carbocycles. The number of amides is 4. The molecule has 4 amide bonds. The third-order valence-electron chi connectivity index (χ3n) is 2.70. The van der Waals surface area contributed by atoms with E-state index in [1.54, 1.807) is 0 Å². The number of benzene rings is 1. The van der Waals surface area contributed by atoms with Gasteiger partial charge in [0, 0.05) is 0 Å². The predicted octanol–water partition coefficient (Wildman–Crippen LogP) is 1.55. The molecule has 6 nitrogen and oxygen atoms in total. The fourth-order valence-electron chi connectivity index (χ4n) is 1.81. The first-order valence-corrected chi connectivity index (χ1v) is 5.52. The van der Waals surface area contributed by atoms with Crippen molar-refractivity contribution in [3.8, 4) is 6.07 Å². The van der Waals surface area contributed by atoms with E-state index in [-0.39, 0.29) is 5.69 Å². The minimum Gasteiger partial charge on any atom is -0.277 e. The van der Waals surface area contributed by atoms with E-state index < -0.39 is 41.6 Å². The summed E-state index contributed by atoms with van der Waals surface area (Å²) in [6.45, 7) is 0. The second-order valence-corrected chi connectivity index (χ2v) is 4.10. The van der Waals surface area contributed by atoms with Gasteiger partial charge in [0.2, 0.25) is 11.8 Å². The summed E-state index contributed by atoms with van der Waals surface area (Å²) in [6.07, 6.45) is -5.46. The average molecular weight is 297 g/mol. The summed E-state index contributed by atoms with van der Waals surface area (Å²) >= 11 is 0. The smallest absolute Gasteiger partial charge is 0.277 e. The van der Waals surface area contributed by atoms with Crippen molar-refractivity contribution >= 4 is 23.5 Å². The van der Waals surface area contributed by atoms with Gasteiger partial charge in [-0.3, -0.25) is 14.9 Å². The van der Waals surface area contributed by atoms with Crippen LogP contribution in [0.25, 0.3) is 0 Å². The van der Waals surface area contributed by atoms with Gasteiger partial charge in [0.1, 0.15) is 6.42 Å². The maximum absolute atomic E-state index is 12.8. The van der Waals surface area contributed by atoms with Gasteiger partial charge < -0.3 is 0 Å². The van der Waals surface area contributed by atoms with Crippen LogP contribution in [0.3, 0.4) is 0 Å². The molecule has 0 radical (unpaired) electrons. The Hall–Kier alpha value is -2.89. The summed E-state index contributed by atoms with van der Waals surface area (Å²) in [6, 6.07) is 2.66. The molecule has 21 heavy (non-hydrogen) atoms. The summed E-state index contributed by atoms with van der Waals surface area (Å²) in [5, 5.41) is 10.5. The normalized spacial score (nSPS) is 15.7. The minimum absolute atomic E-state index is 0.365. The third-order valence-corrected chi connectivity index (χ3v) is 2.70. The zero-order valence-corrected chi connectivity index (χ0v) is 10.2. The van der Waals surface area contributed by atoms with Crippen molar-refractivity contribution in [3.05, 3.63) is 29.3 Å². The number of urea groups is 1. The van der Waals surface area contributed by atoms with Gasteiger partial charge in [-0.15, -0.1) is 0 Å². The second-order valence-electron chi connectivity index (χ2n) is 4.10. The van der Waals surface area contributed by atoms with Crippen LogP contribution in [0.2, 0.25) is 0 Å². The topological polar surface area (TPSA) is 90.3 Å². The van der Waals surface area contributed by atoms with Crippen LogP contribution in [0.1, 0.15) is 17.5 Å². The molecule has 1 heterocycles. The number of carbonyl (C=O) groups is 3. The van der Waals surface area contributed by atoms with Crippen molar-refractivity contribution in [3.63, 3.8) is 0 Å². The van der Waals surface area contributed by atoms with Crippen LogP contribution in [0.4, 0.5) is 23.7 Å². The van der Waals surface area contributed by atoms with E-state index in [4.69, 9.17) is 5.26 Å². The van der Waals surface area contributed by atoms with E-state index in [0.717, 1.165) is 12.1 Å². The Kier molecular flexibility index (Phi) is 3.39. The highest BCUT2D eigenvalue weighted by Gasteiger charge is 2.37. The molecule has 1 aliphatic heterocycles. The second kappa shape index (κ2) is 4.90. The number of alkyl halides is 3. The molecule has 1 aliphatic rings. The zero-order valence-electron chi connectivity index (χ0n) is 10.2. The Morgan fingerprint density at radius 3 is 2.43 bits per heavy atom. The van der Waals surface area contributed by atoms with Crippen LogP contribution >= 0.6 is 0 Å². The molecule has 0 atom stereocenters. The molecule has 0 saturated carbocycles. The number of halogens is 3. The third kappa shape index (κ3) is 2.69. The van der Waals surface area contributed by atoms with Crippen LogP contribution < -0.4 is 10.2 Å². The Morgan fingerprint density at radius 2 is 1.90 bits per heavy atom. The largest absolute Gasteiger partial charge is 0.417 e. The fourth-order valence-corrected chi connectivity index (χ4v) is 1.81. The van der Waals surface area contributed by atoms with Crippen molar-refractivity contribution in [2.24, 2.45) is 0 Å². The molecule has 2 rings (SSSR count). The lowest BCUT2D eigenvalue weighted by atomic mass is 10.1. The summed E-state index contributed by atoms with van der Waals surface area (Å²) < 4.78 is 38.5. The molecular weight excluding hydrogens is 291 g/mol. The summed E-state index contributed by atoms with van der Waals surface area (Å²) in [7, 11) is 0. The number of anilines is 1. The number of nitrogens with one attached hydrogen (secondary N) is 1.